The van der Waals surface area contributed by atoms with Gasteiger partial charge in [0, 0.05) is 12.5 Å². The Balaban J connectivity index is 3.71. The molecule has 0 saturated heterocycles. The SMILES string of the molecule is CC(CC(N)=O)NC(=O)OC(C)C. The van der Waals surface area contributed by atoms with E-state index >= 15 is 0 Å². The molecule has 5 heteroatoms. The maximum absolute atomic E-state index is 11.0. The van der Waals surface area contributed by atoms with Gasteiger partial charge in [0.25, 0.3) is 0 Å². The first-order chi connectivity index (χ1) is 5.91. The molecule has 13 heavy (non-hydrogen) atoms. The van der Waals surface area contributed by atoms with Crippen LogP contribution in [-0.2, 0) is 9.53 Å². The normalized spacial score (nSPS) is 12.3. The Hall–Kier alpha value is -1.26. The minimum Gasteiger partial charge on any atom is -0.447 e. The standard InChI is InChI=1S/C8H16N2O3/c1-5(2)13-8(12)10-6(3)4-7(9)11/h5-6H,4H2,1-3H3,(H2,9,11)(H,10,12). The Bertz CT molecular complexity index is 192. The number of rotatable bonds is 4. The van der Waals surface area contributed by atoms with Gasteiger partial charge in [-0.1, -0.05) is 0 Å². The van der Waals surface area contributed by atoms with Gasteiger partial charge in [0.15, 0.2) is 0 Å². The third-order valence-electron chi connectivity index (χ3n) is 1.21. The highest BCUT2D eigenvalue weighted by molar-refractivity contribution is 5.75. The first-order valence-electron chi connectivity index (χ1n) is 4.17. The number of amides is 2. The molecule has 0 aromatic carbocycles. The van der Waals surface area contributed by atoms with Gasteiger partial charge < -0.3 is 15.8 Å². The quantitative estimate of drug-likeness (QED) is 0.669. The maximum Gasteiger partial charge on any atom is 0.407 e. The van der Waals surface area contributed by atoms with Crippen molar-refractivity contribution in [3.05, 3.63) is 0 Å². The van der Waals surface area contributed by atoms with Crippen LogP contribution in [0.3, 0.4) is 0 Å². The number of hydrogen-bond donors (Lipinski definition) is 2. The Labute approximate surface area is 77.6 Å². The van der Waals surface area contributed by atoms with E-state index in [0.717, 1.165) is 0 Å². The zero-order valence-electron chi connectivity index (χ0n) is 8.16. The van der Waals surface area contributed by atoms with E-state index in [0.29, 0.717) is 0 Å². The summed E-state index contributed by atoms with van der Waals surface area (Å²) in [6.07, 6.45) is -0.572. The van der Waals surface area contributed by atoms with E-state index < -0.39 is 12.0 Å². The number of primary amides is 1. The van der Waals surface area contributed by atoms with E-state index in [4.69, 9.17) is 10.5 Å². The monoisotopic (exact) mass is 188 g/mol. The van der Waals surface area contributed by atoms with Crippen molar-refractivity contribution in [2.45, 2.75) is 39.3 Å². The van der Waals surface area contributed by atoms with Gasteiger partial charge in [-0.05, 0) is 20.8 Å². The maximum atomic E-state index is 11.0. The molecule has 0 fully saturated rings. The van der Waals surface area contributed by atoms with E-state index in [9.17, 15) is 9.59 Å². The highest BCUT2D eigenvalue weighted by Gasteiger charge is 2.11. The van der Waals surface area contributed by atoms with Crippen molar-refractivity contribution in [3.63, 3.8) is 0 Å². The molecule has 3 N–H and O–H groups in total. The molecule has 0 heterocycles. The Kier molecular flexibility index (Phi) is 4.87. The molecule has 5 nitrogen and oxygen atoms in total. The number of carbonyl (C=O) groups excluding carboxylic acids is 2. The fraction of sp³-hybridized carbons (Fsp3) is 0.750. The lowest BCUT2D eigenvalue weighted by atomic mass is 10.2. The van der Waals surface area contributed by atoms with Gasteiger partial charge in [0.2, 0.25) is 5.91 Å². The lowest BCUT2D eigenvalue weighted by molar-refractivity contribution is -0.118. The van der Waals surface area contributed by atoms with Crippen LogP contribution in [0.5, 0.6) is 0 Å². The summed E-state index contributed by atoms with van der Waals surface area (Å²) in [5.41, 5.74) is 4.94. The predicted molar refractivity (Wildman–Crippen MR) is 48.0 cm³/mol. The second-order valence-corrected chi connectivity index (χ2v) is 3.17. The number of carbonyl (C=O) groups is 2. The molecule has 1 unspecified atom stereocenters. The summed E-state index contributed by atoms with van der Waals surface area (Å²) >= 11 is 0. The van der Waals surface area contributed by atoms with Crippen molar-refractivity contribution in [3.8, 4) is 0 Å². The molecule has 0 aliphatic rings. The van der Waals surface area contributed by atoms with Gasteiger partial charge in [0.1, 0.15) is 0 Å². The van der Waals surface area contributed by atoms with E-state index in [1.54, 1.807) is 20.8 Å². The zero-order chi connectivity index (χ0) is 10.4. The first kappa shape index (κ1) is 11.7. The highest BCUT2D eigenvalue weighted by Crippen LogP contribution is 1.93. The lowest BCUT2D eigenvalue weighted by Gasteiger charge is -2.13. The number of nitrogens with two attached hydrogens (primary N) is 1. The fourth-order valence-electron chi connectivity index (χ4n) is 0.802. The molecular formula is C8H16N2O3. The van der Waals surface area contributed by atoms with Gasteiger partial charge >= 0.3 is 6.09 Å². The molecule has 0 saturated carbocycles. The van der Waals surface area contributed by atoms with Crippen LogP contribution in [0, 0.1) is 0 Å². The van der Waals surface area contributed by atoms with Gasteiger partial charge in [0.05, 0.1) is 6.10 Å². The van der Waals surface area contributed by atoms with Crippen LogP contribution < -0.4 is 11.1 Å². The van der Waals surface area contributed by atoms with Crippen LogP contribution in [0.15, 0.2) is 0 Å². The van der Waals surface area contributed by atoms with E-state index in [1.165, 1.54) is 0 Å². The van der Waals surface area contributed by atoms with Gasteiger partial charge in [-0.25, -0.2) is 4.79 Å². The predicted octanol–water partition coefficient (Wildman–Crippen LogP) is 0.385. The minimum atomic E-state index is -0.524. The van der Waals surface area contributed by atoms with Crippen molar-refractivity contribution in [1.29, 1.82) is 0 Å². The zero-order valence-corrected chi connectivity index (χ0v) is 8.16. The first-order valence-corrected chi connectivity index (χ1v) is 4.17. The average molecular weight is 188 g/mol. The summed E-state index contributed by atoms with van der Waals surface area (Å²) in [4.78, 5) is 21.4. The van der Waals surface area contributed by atoms with E-state index in [2.05, 4.69) is 5.32 Å². The molecule has 1 atom stereocenters. The average Bonchev–Trinajstić information content (AvgIpc) is 1.80. The molecule has 0 radical (unpaired) electrons. The topological polar surface area (TPSA) is 81.4 Å². The molecule has 2 amide bonds. The lowest BCUT2D eigenvalue weighted by Crippen LogP contribution is -2.37. The Morgan fingerprint density at radius 2 is 1.92 bits per heavy atom. The molecule has 0 rings (SSSR count). The molecule has 0 aliphatic heterocycles. The van der Waals surface area contributed by atoms with E-state index in [1.807, 2.05) is 0 Å². The van der Waals surface area contributed by atoms with Crippen LogP contribution in [0.25, 0.3) is 0 Å². The third kappa shape index (κ3) is 7.11. The van der Waals surface area contributed by atoms with Gasteiger partial charge in [-0.2, -0.15) is 0 Å². The molecule has 0 bridgehead atoms. The smallest absolute Gasteiger partial charge is 0.407 e. The Morgan fingerprint density at radius 1 is 1.38 bits per heavy atom. The summed E-state index contributed by atoms with van der Waals surface area (Å²) in [5, 5.41) is 2.48. The number of hydrogen-bond acceptors (Lipinski definition) is 3. The largest absolute Gasteiger partial charge is 0.447 e. The molecule has 0 aromatic rings. The summed E-state index contributed by atoms with van der Waals surface area (Å²) < 4.78 is 4.80. The van der Waals surface area contributed by atoms with Crippen molar-refractivity contribution in [2.24, 2.45) is 5.73 Å². The summed E-state index contributed by atoms with van der Waals surface area (Å²) in [6, 6.07) is -0.288. The number of ether oxygens (including phenoxy) is 1. The second-order valence-electron chi connectivity index (χ2n) is 3.17. The van der Waals surface area contributed by atoms with Gasteiger partial charge in [-0.3, -0.25) is 4.79 Å². The molecule has 76 valence electrons. The van der Waals surface area contributed by atoms with Crippen LogP contribution in [0.1, 0.15) is 27.2 Å². The van der Waals surface area contributed by atoms with Crippen molar-refractivity contribution in [2.75, 3.05) is 0 Å². The molecule has 0 spiro atoms. The van der Waals surface area contributed by atoms with Crippen LogP contribution in [0.4, 0.5) is 4.79 Å². The summed E-state index contributed by atoms with van der Waals surface area (Å²) in [5.74, 6) is -0.447. The number of alkyl carbamates (subject to hydrolysis) is 1. The third-order valence-corrected chi connectivity index (χ3v) is 1.21. The second kappa shape index (κ2) is 5.40. The summed E-state index contributed by atoms with van der Waals surface area (Å²) in [7, 11) is 0. The highest BCUT2D eigenvalue weighted by atomic mass is 16.6. The van der Waals surface area contributed by atoms with Crippen LogP contribution in [0.2, 0.25) is 0 Å². The van der Waals surface area contributed by atoms with Crippen molar-refractivity contribution < 1.29 is 14.3 Å². The Morgan fingerprint density at radius 3 is 2.31 bits per heavy atom. The molecule has 0 aromatic heterocycles. The minimum absolute atomic E-state index is 0.118. The number of nitrogens with one attached hydrogen (secondary N) is 1. The van der Waals surface area contributed by atoms with E-state index in [-0.39, 0.29) is 18.6 Å². The van der Waals surface area contributed by atoms with Gasteiger partial charge in [-0.15, -0.1) is 0 Å². The van der Waals surface area contributed by atoms with Crippen molar-refractivity contribution in [1.82, 2.24) is 5.32 Å². The van der Waals surface area contributed by atoms with Crippen molar-refractivity contribution >= 4 is 12.0 Å². The fourth-order valence-corrected chi connectivity index (χ4v) is 0.802. The molecule has 0 aliphatic carbocycles. The molecular weight excluding hydrogens is 172 g/mol. The summed E-state index contributed by atoms with van der Waals surface area (Å²) in [6.45, 7) is 5.18. The van der Waals surface area contributed by atoms with Crippen LogP contribution >= 0.6 is 0 Å². The van der Waals surface area contributed by atoms with Crippen LogP contribution in [-0.4, -0.2) is 24.1 Å².